The molecule has 0 aliphatic rings. The lowest BCUT2D eigenvalue weighted by Gasteiger charge is -2.23. The summed E-state index contributed by atoms with van der Waals surface area (Å²) in [6.45, 7) is 3.29. The second kappa shape index (κ2) is 7.76. The highest BCUT2D eigenvalue weighted by atomic mass is 32.1. The summed E-state index contributed by atoms with van der Waals surface area (Å²) in [5.74, 6) is 0. The molecule has 1 aromatic rings. The van der Waals surface area contributed by atoms with Gasteiger partial charge in [-0.05, 0) is 24.4 Å². The van der Waals surface area contributed by atoms with E-state index in [4.69, 9.17) is 0 Å². The van der Waals surface area contributed by atoms with Crippen LogP contribution >= 0.6 is 11.3 Å². The van der Waals surface area contributed by atoms with Crippen LogP contribution in [0.4, 0.5) is 13.2 Å². The molecule has 0 fully saturated rings. The van der Waals surface area contributed by atoms with Crippen LogP contribution in [-0.2, 0) is 6.54 Å². The number of nitrogens with zero attached hydrogens (tertiary/aromatic N) is 1. The molecule has 1 heterocycles. The molecule has 2 nitrogen and oxygen atoms in total. The molecule has 0 saturated carbocycles. The van der Waals surface area contributed by atoms with Crippen LogP contribution in [0.2, 0.25) is 0 Å². The molecule has 0 saturated heterocycles. The monoisotopic (exact) mass is 280 g/mol. The van der Waals surface area contributed by atoms with E-state index in [-0.39, 0.29) is 0 Å². The average molecular weight is 280 g/mol. The van der Waals surface area contributed by atoms with Gasteiger partial charge in [0.1, 0.15) is 0 Å². The molecule has 1 aromatic heterocycles. The Bertz CT molecular complexity index is 312. The van der Waals surface area contributed by atoms with Gasteiger partial charge in [-0.1, -0.05) is 13.0 Å². The molecule has 0 aliphatic carbocycles. The highest BCUT2D eigenvalue weighted by Gasteiger charge is 2.29. The van der Waals surface area contributed by atoms with Crippen molar-refractivity contribution in [2.24, 2.45) is 0 Å². The van der Waals surface area contributed by atoms with Crippen molar-refractivity contribution < 1.29 is 13.2 Å². The second-order valence-electron chi connectivity index (χ2n) is 4.15. The van der Waals surface area contributed by atoms with Gasteiger partial charge in [0.15, 0.2) is 0 Å². The first kappa shape index (κ1) is 15.5. The van der Waals surface area contributed by atoms with Gasteiger partial charge in [0, 0.05) is 24.5 Å². The minimum Gasteiger partial charge on any atom is -0.311 e. The smallest absolute Gasteiger partial charge is 0.311 e. The van der Waals surface area contributed by atoms with E-state index < -0.39 is 12.7 Å². The van der Waals surface area contributed by atoms with Gasteiger partial charge in [-0.3, -0.25) is 4.90 Å². The lowest BCUT2D eigenvalue weighted by Crippen LogP contribution is -2.39. The van der Waals surface area contributed by atoms with Crippen molar-refractivity contribution in [3.05, 3.63) is 22.4 Å². The van der Waals surface area contributed by atoms with Gasteiger partial charge in [0.2, 0.25) is 0 Å². The van der Waals surface area contributed by atoms with Crippen molar-refractivity contribution in [1.29, 1.82) is 0 Å². The zero-order chi connectivity index (χ0) is 13.4. The maximum absolute atomic E-state index is 12.3. The highest BCUT2D eigenvalue weighted by molar-refractivity contribution is 7.09. The van der Waals surface area contributed by atoms with Gasteiger partial charge in [0.05, 0.1) is 6.54 Å². The van der Waals surface area contributed by atoms with E-state index in [0.717, 1.165) is 13.0 Å². The Kier molecular flexibility index (Phi) is 6.67. The van der Waals surface area contributed by atoms with E-state index >= 15 is 0 Å². The molecule has 104 valence electrons. The normalized spacial score (nSPS) is 12.3. The molecular formula is C12H19F3N2S. The van der Waals surface area contributed by atoms with Crippen LogP contribution in [0.3, 0.4) is 0 Å². The lowest BCUT2D eigenvalue weighted by molar-refractivity contribution is -0.145. The van der Waals surface area contributed by atoms with E-state index in [1.807, 2.05) is 24.4 Å². The SMILES string of the molecule is CCCN(CCNCc1cccs1)CC(F)(F)F. The Morgan fingerprint density at radius 3 is 2.67 bits per heavy atom. The van der Waals surface area contributed by atoms with E-state index in [2.05, 4.69) is 5.32 Å². The van der Waals surface area contributed by atoms with Crippen LogP contribution in [0.1, 0.15) is 18.2 Å². The summed E-state index contributed by atoms with van der Waals surface area (Å²) in [5, 5.41) is 5.15. The third kappa shape index (κ3) is 6.98. The average Bonchev–Trinajstić information content (AvgIpc) is 2.75. The predicted molar refractivity (Wildman–Crippen MR) is 68.8 cm³/mol. The zero-order valence-electron chi connectivity index (χ0n) is 10.5. The molecule has 0 spiro atoms. The fraction of sp³-hybridized carbons (Fsp3) is 0.667. The Morgan fingerprint density at radius 1 is 1.33 bits per heavy atom. The maximum atomic E-state index is 12.3. The van der Waals surface area contributed by atoms with Gasteiger partial charge in [-0.15, -0.1) is 11.3 Å². The van der Waals surface area contributed by atoms with Crippen LogP contribution in [0, 0.1) is 0 Å². The van der Waals surface area contributed by atoms with Crippen LogP contribution in [0.25, 0.3) is 0 Å². The van der Waals surface area contributed by atoms with Crippen molar-refractivity contribution in [3.8, 4) is 0 Å². The fourth-order valence-corrected chi connectivity index (χ4v) is 2.38. The zero-order valence-corrected chi connectivity index (χ0v) is 11.3. The number of rotatable bonds is 8. The molecule has 0 atom stereocenters. The minimum atomic E-state index is -4.11. The first-order valence-electron chi connectivity index (χ1n) is 6.03. The highest BCUT2D eigenvalue weighted by Crippen LogP contribution is 2.16. The number of thiophene rings is 1. The number of halogens is 3. The largest absolute Gasteiger partial charge is 0.401 e. The summed E-state index contributed by atoms with van der Waals surface area (Å²) >= 11 is 1.65. The summed E-state index contributed by atoms with van der Waals surface area (Å²) < 4.78 is 36.9. The summed E-state index contributed by atoms with van der Waals surface area (Å²) in [6.07, 6.45) is -3.37. The van der Waals surface area contributed by atoms with E-state index in [9.17, 15) is 13.2 Å². The topological polar surface area (TPSA) is 15.3 Å². The number of hydrogen-bond acceptors (Lipinski definition) is 3. The van der Waals surface area contributed by atoms with E-state index in [1.54, 1.807) is 11.3 Å². The third-order valence-corrected chi connectivity index (χ3v) is 3.30. The van der Waals surface area contributed by atoms with Gasteiger partial charge < -0.3 is 5.32 Å². The van der Waals surface area contributed by atoms with Crippen molar-refractivity contribution in [2.75, 3.05) is 26.2 Å². The van der Waals surface area contributed by atoms with Crippen molar-refractivity contribution in [2.45, 2.75) is 26.1 Å². The molecule has 18 heavy (non-hydrogen) atoms. The second-order valence-corrected chi connectivity index (χ2v) is 5.18. The van der Waals surface area contributed by atoms with Crippen LogP contribution in [-0.4, -0.2) is 37.3 Å². The lowest BCUT2D eigenvalue weighted by atomic mass is 10.3. The number of nitrogens with one attached hydrogen (secondary N) is 1. The van der Waals surface area contributed by atoms with Gasteiger partial charge in [0.25, 0.3) is 0 Å². The molecule has 0 bridgehead atoms. The first-order valence-corrected chi connectivity index (χ1v) is 6.91. The van der Waals surface area contributed by atoms with Gasteiger partial charge in [-0.25, -0.2) is 0 Å². The standard InChI is InChI=1S/C12H19F3N2S/c1-2-6-17(10-12(13,14)15)7-5-16-9-11-4-3-8-18-11/h3-4,8,16H,2,5-7,9-10H2,1H3. The number of alkyl halides is 3. The predicted octanol–water partition coefficient (Wildman–Crippen LogP) is 3.11. The molecule has 0 aromatic carbocycles. The fourth-order valence-electron chi connectivity index (χ4n) is 1.70. The van der Waals surface area contributed by atoms with Crippen LogP contribution in [0.5, 0.6) is 0 Å². The van der Waals surface area contributed by atoms with Gasteiger partial charge >= 0.3 is 6.18 Å². The molecule has 0 radical (unpaired) electrons. The van der Waals surface area contributed by atoms with Crippen molar-refractivity contribution >= 4 is 11.3 Å². The minimum absolute atomic E-state index is 0.429. The molecule has 1 rings (SSSR count). The van der Waals surface area contributed by atoms with Crippen molar-refractivity contribution in [3.63, 3.8) is 0 Å². The van der Waals surface area contributed by atoms with Crippen LogP contribution < -0.4 is 5.32 Å². The Hall–Kier alpha value is -0.590. The maximum Gasteiger partial charge on any atom is 0.401 e. The van der Waals surface area contributed by atoms with E-state index in [0.29, 0.717) is 19.6 Å². The Morgan fingerprint density at radius 2 is 2.11 bits per heavy atom. The Labute approximate surface area is 110 Å². The van der Waals surface area contributed by atoms with Crippen LogP contribution in [0.15, 0.2) is 17.5 Å². The Balaban J connectivity index is 2.20. The number of hydrogen-bond donors (Lipinski definition) is 1. The molecule has 0 amide bonds. The summed E-state index contributed by atoms with van der Waals surface area (Å²) in [6, 6.07) is 3.98. The van der Waals surface area contributed by atoms with Gasteiger partial charge in [-0.2, -0.15) is 13.2 Å². The molecule has 1 N–H and O–H groups in total. The summed E-state index contributed by atoms with van der Waals surface area (Å²) in [5.41, 5.74) is 0. The summed E-state index contributed by atoms with van der Waals surface area (Å²) in [7, 11) is 0. The first-order chi connectivity index (χ1) is 8.51. The quantitative estimate of drug-likeness (QED) is 0.736. The molecule has 0 unspecified atom stereocenters. The molecule has 0 aliphatic heterocycles. The summed E-state index contributed by atoms with van der Waals surface area (Å²) in [4.78, 5) is 2.65. The van der Waals surface area contributed by atoms with E-state index in [1.165, 1.54) is 9.78 Å². The molecular weight excluding hydrogens is 261 g/mol. The van der Waals surface area contributed by atoms with Crippen molar-refractivity contribution in [1.82, 2.24) is 10.2 Å². The third-order valence-electron chi connectivity index (χ3n) is 2.43. The molecule has 6 heteroatoms.